The van der Waals surface area contributed by atoms with Crippen LogP contribution in [0.2, 0.25) is 0 Å². The van der Waals surface area contributed by atoms with Gasteiger partial charge in [-0.1, -0.05) is 42.0 Å². The average molecular weight is 383 g/mol. The number of halogens is 3. The average Bonchev–Trinajstić information content (AvgIpc) is 2.98. The lowest BCUT2D eigenvalue weighted by Gasteiger charge is -2.08. The van der Waals surface area contributed by atoms with Crippen molar-refractivity contribution in [2.45, 2.75) is 20.0 Å². The molecule has 28 heavy (non-hydrogen) atoms. The predicted molar refractivity (Wildman–Crippen MR) is 101 cm³/mol. The molecule has 0 unspecified atom stereocenters. The van der Waals surface area contributed by atoms with Gasteiger partial charge >= 0.3 is 6.18 Å². The number of H-pyrrole nitrogens is 1. The Bertz CT molecular complexity index is 1220. The highest BCUT2D eigenvalue weighted by atomic mass is 19.4. The minimum Gasteiger partial charge on any atom is -0.339 e. The lowest BCUT2D eigenvalue weighted by Crippen LogP contribution is -2.14. The van der Waals surface area contributed by atoms with Crippen molar-refractivity contribution < 1.29 is 13.2 Å². The van der Waals surface area contributed by atoms with Crippen molar-refractivity contribution in [3.05, 3.63) is 81.8 Å². The number of benzene rings is 2. The summed E-state index contributed by atoms with van der Waals surface area (Å²) in [5.41, 5.74) is 3.80. The van der Waals surface area contributed by atoms with Gasteiger partial charge in [0.2, 0.25) is 0 Å². The SMILES string of the molecule is Cc1ccc(-c2c(C)nn3c(=O)cc(-c4ccc(C(F)(F)F)cc4)[nH]c23)cc1. The molecule has 0 fully saturated rings. The number of fused-ring (bicyclic) bond motifs is 1. The largest absolute Gasteiger partial charge is 0.416 e. The molecule has 142 valence electrons. The molecule has 7 heteroatoms. The molecule has 2 aromatic heterocycles. The summed E-state index contributed by atoms with van der Waals surface area (Å²) in [6, 6.07) is 13.9. The molecule has 0 bridgehead atoms. The molecular weight excluding hydrogens is 367 g/mol. The zero-order valence-electron chi connectivity index (χ0n) is 15.1. The first-order valence-corrected chi connectivity index (χ1v) is 8.61. The van der Waals surface area contributed by atoms with Gasteiger partial charge in [0.1, 0.15) is 5.65 Å². The Balaban J connectivity index is 1.89. The molecule has 0 saturated carbocycles. The van der Waals surface area contributed by atoms with Crippen LogP contribution in [0, 0.1) is 13.8 Å². The summed E-state index contributed by atoms with van der Waals surface area (Å²) in [6.45, 7) is 3.80. The van der Waals surface area contributed by atoms with Crippen LogP contribution in [0.5, 0.6) is 0 Å². The first-order chi connectivity index (χ1) is 13.2. The summed E-state index contributed by atoms with van der Waals surface area (Å²) < 4.78 is 39.7. The van der Waals surface area contributed by atoms with Gasteiger partial charge in [-0.25, -0.2) is 0 Å². The topological polar surface area (TPSA) is 50.2 Å². The normalized spacial score (nSPS) is 11.9. The van der Waals surface area contributed by atoms with Crippen LogP contribution < -0.4 is 5.56 Å². The van der Waals surface area contributed by atoms with E-state index in [-0.39, 0.29) is 5.56 Å². The van der Waals surface area contributed by atoms with Crippen LogP contribution in [0.4, 0.5) is 13.2 Å². The minimum absolute atomic E-state index is 0.356. The lowest BCUT2D eigenvalue weighted by atomic mass is 10.0. The molecule has 0 aliphatic rings. The van der Waals surface area contributed by atoms with Crippen LogP contribution >= 0.6 is 0 Å². The molecule has 0 aliphatic heterocycles. The number of rotatable bonds is 2. The molecular formula is C21H16F3N3O. The van der Waals surface area contributed by atoms with Gasteiger partial charge in [0.15, 0.2) is 0 Å². The Labute approximate surface area is 158 Å². The molecule has 4 nitrogen and oxygen atoms in total. The molecule has 0 radical (unpaired) electrons. The molecule has 0 amide bonds. The molecule has 0 saturated heterocycles. The van der Waals surface area contributed by atoms with Crippen LogP contribution in [0.15, 0.2) is 59.4 Å². The number of hydrogen-bond donors (Lipinski definition) is 1. The molecule has 1 N–H and O–H groups in total. The Morgan fingerprint density at radius 2 is 1.54 bits per heavy atom. The van der Waals surface area contributed by atoms with E-state index in [2.05, 4.69) is 10.1 Å². The molecule has 0 aliphatic carbocycles. The van der Waals surface area contributed by atoms with E-state index in [9.17, 15) is 18.0 Å². The van der Waals surface area contributed by atoms with Crippen LogP contribution in [0.3, 0.4) is 0 Å². The van der Waals surface area contributed by atoms with Crippen LogP contribution in [-0.4, -0.2) is 14.6 Å². The monoisotopic (exact) mass is 383 g/mol. The number of aromatic nitrogens is 3. The zero-order valence-corrected chi connectivity index (χ0v) is 15.1. The number of alkyl halides is 3. The maximum Gasteiger partial charge on any atom is 0.416 e. The van der Waals surface area contributed by atoms with Gasteiger partial charge < -0.3 is 4.98 Å². The van der Waals surface area contributed by atoms with Crippen molar-refractivity contribution in [1.82, 2.24) is 14.6 Å². The second-order valence-corrected chi connectivity index (χ2v) is 6.68. The van der Waals surface area contributed by atoms with Crippen LogP contribution in [-0.2, 0) is 6.18 Å². The highest BCUT2D eigenvalue weighted by Crippen LogP contribution is 2.31. The molecule has 4 rings (SSSR count). The van der Waals surface area contributed by atoms with Crippen LogP contribution in [0.25, 0.3) is 28.0 Å². The Morgan fingerprint density at radius 3 is 2.14 bits per heavy atom. The van der Waals surface area contributed by atoms with E-state index >= 15 is 0 Å². The number of nitrogens with one attached hydrogen (secondary N) is 1. The van der Waals surface area contributed by atoms with Crippen molar-refractivity contribution in [3.8, 4) is 22.4 Å². The molecule has 0 spiro atoms. The molecule has 4 aromatic rings. The summed E-state index contributed by atoms with van der Waals surface area (Å²) in [5, 5.41) is 4.32. The highest BCUT2D eigenvalue weighted by molar-refractivity contribution is 5.81. The Morgan fingerprint density at radius 1 is 0.929 bits per heavy atom. The summed E-state index contributed by atoms with van der Waals surface area (Å²) in [5.74, 6) is 0. The standard InChI is InChI=1S/C21H16F3N3O/c1-12-3-5-15(6-4-12)19-13(2)26-27-18(28)11-17(25-20(19)27)14-7-9-16(10-8-14)21(22,23)24/h3-11,25H,1-2H3. The maximum absolute atomic E-state index is 12.8. The second-order valence-electron chi connectivity index (χ2n) is 6.68. The van der Waals surface area contributed by atoms with E-state index in [0.29, 0.717) is 22.6 Å². The molecule has 0 atom stereocenters. The van der Waals surface area contributed by atoms with Crippen molar-refractivity contribution in [1.29, 1.82) is 0 Å². The second kappa shape index (κ2) is 6.37. The summed E-state index contributed by atoms with van der Waals surface area (Å²) in [4.78, 5) is 15.7. The van der Waals surface area contributed by atoms with E-state index in [0.717, 1.165) is 28.8 Å². The number of aromatic amines is 1. The van der Waals surface area contributed by atoms with Gasteiger partial charge in [-0.3, -0.25) is 4.79 Å². The first-order valence-electron chi connectivity index (χ1n) is 8.61. The fourth-order valence-electron chi connectivity index (χ4n) is 3.21. The minimum atomic E-state index is -4.41. The van der Waals surface area contributed by atoms with Crippen molar-refractivity contribution in [3.63, 3.8) is 0 Å². The number of aryl methyl sites for hydroxylation is 2. The van der Waals surface area contributed by atoms with Crippen molar-refractivity contribution in [2.75, 3.05) is 0 Å². The number of hydrogen-bond acceptors (Lipinski definition) is 2. The van der Waals surface area contributed by atoms with E-state index in [1.165, 1.54) is 22.7 Å². The van der Waals surface area contributed by atoms with Crippen molar-refractivity contribution >= 4 is 5.65 Å². The van der Waals surface area contributed by atoms with Gasteiger partial charge in [-0.15, -0.1) is 0 Å². The molecule has 2 aromatic carbocycles. The third-order valence-electron chi connectivity index (χ3n) is 4.65. The predicted octanol–water partition coefficient (Wildman–Crippen LogP) is 4.99. The highest BCUT2D eigenvalue weighted by Gasteiger charge is 2.30. The fourth-order valence-corrected chi connectivity index (χ4v) is 3.21. The lowest BCUT2D eigenvalue weighted by molar-refractivity contribution is -0.137. The van der Waals surface area contributed by atoms with Crippen LogP contribution in [0.1, 0.15) is 16.8 Å². The van der Waals surface area contributed by atoms with Crippen molar-refractivity contribution in [2.24, 2.45) is 0 Å². The van der Waals surface area contributed by atoms with E-state index in [1.54, 1.807) is 0 Å². The quantitative estimate of drug-likeness (QED) is 0.530. The Hall–Kier alpha value is -3.35. The number of nitrogens with zero attached hydrogens (tertiary/aromatic N) is 2. The summed E-state index contributed by atoms with van der Waals surface area (Å²) in [6.07, 6.45) is -4.41. The smallest absolute Gasteiger partial charge is 0.339 e. The van der Waals surface area contributed by atoms with Gasteiger partial charge in [0.25, 0.3) is 5.56 Å². The van der Waals surface area contributed by atoms with E-state index in [4.69, 9.17) is 0 Å². The first kappa shape index (κ1) is 18.0. The third kappa shape index (κ3) is 3.09. The molecule has 2 heterocycles. The van der Waals surface area contributed by atoms with E-state index < -0.39 is 11.7 Å². The summed E-state index contributed by atoms with van der Waals surface area (Å²) >= 11 is 0. The van der Waals surface area contributed by atoms with Gasteiger partial charge in [-0.05, 0) is 37.1 Å². The van der Waals surface area contributed by atoms with Gasteiger partial charge in [0.05, 0.1) is 17.0 Å². The fraction of sp³-hybridized carbons (Fsp3) is 0.143. The van der Waals surface area contributed by atoms with Gasteiger partial charge in [-0.2, -0.15) is 22.8 Å². The van der Waals surface area contributed by atoms with Gasteiger partial charge in [0, 0.05) is 11.6 Å². The summed E-state index contributed by atoms with van der Waals surface area (Å²) in [7, 11) is 0. The zero-order chi connectivity index (χ0) is 20.1. The third-order valence-corrected chi connectivity index (χ3v) is 4.65. The Kier molecular flexibility index (Phi) is 4.10. The van der Waals surface area contributed by atoms with E-state index in [1.807, 2.05) is 38.1 Å². The maximum atomic E-state index is 12.8.